The topological polar surface area (TPSA) is 52.6 Å². The van der Waals surface area contributed by atoms with Crippen LogP contribution in [0.2, 0.25) is 0 Å². The van der Waals surface area contributed by atoms with Crippen LogP contribution >= 0.6 is 15.9 Å². The molecule has 0 aromatic rings. The minimum atomic E-state index is -0.508. The molecule has 0 atom stereocenters. The van der Waals surface area contributed by atoms with Gasteiger partial charge in [0.15, 0.2) is 0 Å². The molecular formula is C9H13BrO4. The van der Waals surface area contributed by atoms with Gasteiger partial charge < -0.3 is 9.47 Å². The number of rotatable bonds is 4. The van der Waals surface area contributed by atoms with Gasteiger partial charge in [0.05, 0.1) is 14.2 Å². The Morgan fingerprint density at radius 2 is 1.64 bits per heavy atom. The molecule has 0 unspecified atom stereocenters. The van der Waals surface area contributed by atoms with Crippen molar-refractivity contribution in [1.29, 1.82) is 0 Å². The van der Waals surface area contributed by atoms with E-state index < -0.39 is 11.9 Å². The van der Waals surface area contributed by atoms with Crippen LogP contribution in [0.1, 0.15) is 13.3 Å². The molecule has 0 N–H and O–H groups in total. The first-order valence-corrected chi connectivity index (χ1v) is 5.13. The van der Waals surface area contributed by atoms with E-state index in [9.17, 15) is 9.59 Å². The summed E-state index contributed by atoms with van der Waals surface area (Å²) in [5, 5.41) is 0.589. The molecule has 0 saturated heterocycles. The van der Waals surface area contributed by atoms with Crippen LogP contribution in [0.5, 0.6) is 0 Å². The molecule has 5 heteroatoms. The standard InChI is InChI=1S/C9H13BrO4/c1-6(8(11)13-2)7(4-5-10)9(12)14-3/h4-5H2,1-3H3/b7-6-. The summed E-state index contributed by atoms with van der Waals surface area (Å²) in [6.45, 7) is 1.54. The van der Waals surface area contributed by atoms with Gasteiger partial charge in [-0.3, -0.25) is 0 Å². The highest BCUT2D eigenvalue weighted by Crippen LogP contribution is 2.13. The number of hydrogen-bond donors (Lipinski definition) is 0. The Bertz CT molecular complexity index is 258. The maximum absolute atomic E-state index is 11.3. The summed E-state index contributed by atoms with van der Waals surface area (Å²) < 4.78 is 9.07. The van der Waals surface area contributed by atoms with Crippen LogP contribution in [-0.4, -0.2) is 31.5 Å². The molecule has 0 saturated carbocycles. The molecule has 4 nitrogen and oxygen atoms in total. The van der Waals surface area contributed by atoms with Crippen molar-refractivity contribution in [3.8, 4) is 0 Å². The molecule has 0 aliphatic rings. The lowest BCUT2D eigenvalue weighted by atomic mass is 10.1. The van der Waals surface area contributed by atoms with Crippen LogP contribution in [0.4, 0.5) is 0 Å². The van der Waals surface area contributed by atoms with Crippen molar-refractivity contribution in [3.05, 3.63) is 11.1 Å². The third-order valence-electron chi connectivity index (χ3n) is 1.72. The van der Waals surface area contributed by atoms with Gasteiger partial charge in [-0.25, -0.2) is 9.59 Å². The maximum Gasteiger partial charge on any atom is 0.334 e. The summed E-state index contributed by atoms with van der Waals surface area (Å²) in [7, 11) is 2.55. The second kappa shape index (κ2) is 6.59. The van der Waals surface area contributed by atoms with Crippen LogP contribution in [0, 0.1) is 0 Å². The van der Waals surface area contributed by atoms with E-state index in [1.807, 2.05) is 0 Å². The maximum atomic E-state index is 11.3. The third-order valence-corrected chi connectivity index (χ3v) is 2.12. The fraction of sp³-hybridized carbons (Fsp3) is 0.556. The zero-order valence-electron chi connectivity index (χ0n) is 8.43. The fourth-order valence-electron chi connectivity index (χ4n) is 0.937. The summed E-state index contributed by atoms with van der Waals surface area (Å²) in [5.41, 5.74) is 0.634. The van der Waals surface area contributed by atoms with Gasteiger partial charge >= 0.3 is 11.9 Å². The molecule has 0 aromatic carbocycles. The normalized spacial score (nSPS) is 11.7. The lowest BCUT2D eigenvalue weighted by molar-refractivity contribution is -0.139. The van der Waals surface area contributed by atoms with Gasteiger partial charge in [0.25, 0.3) is 0 Å². The van der Waals surface area contributed by atoms with Crippen molar-refractivity contribution in [1.82, 2.24) is 0 Å². The molecule has 80 valence electrons. The van der Waals surface area contributed by atoms with Crippen molar-refractivity contribution < 1.29 is 19.1 Å². The number of ether oxygens (including phenoxy) is 2. The second-order valence-electron chi connectivity index (χ2n) is 2.53. The van der Waals surface area contributed by atoms with E-state index in [1.54, 1.807) is 6.92 Å². The molecule has 0 rings (SSSR count). The Hall–Kier alpha value is -0.840. The quantitative estimate of drug-likeness (QED) is 0.438. The highest BCUT2D eigenvalue weighted by atomic mass is 79.9. The van der Waals surface area contributed by atoms with Gasteiger partial charge in [0.1, 0.15) is 0 Å². The number of methoxy groups -OCH3 is 2. The number of carbonyl (C=O) groups excluding carboxylic acids is 2. The minimum absolute atomic E-state index is 0.291. The van der Waals surface area contributed by atoms with E-state index in [2.05, 4.69) is 25.4 Å². The average Bonchev–Trinajstić information content (AvgIpc) is 2.22. The second-order valence-corrected chi connectivity index (χ2v) is 3.32. The zero-order valence-corrected chi connectivity index (χ0v) is 10.0. The fourth-order valence-corrected chi connectivity index (χ4v) is 1.33. The van der Waals surface area contributed by atoms with Gasteiger partial charge in [-0.2, -0.15) is 0 Å². The number of alkyl halides is 1. The van der Waals surface area contributed by atoms with Crippen LogP contribution in [-0.2, 0) is 19.1 Å². The molecule has 0 aliphatic heterocycles. The van der Waals surface area contributed by atoms with E-state index >= 15 is 0 Å². The zero-order chi connectivity index (χ0) is 11.1. The van der Waals surface area contributed by atoms with Gasteiger partial charge in [-0.15, -0.1) is 0 Å². The molecule has 0 bridgehead atoms. The number of halogens is 1. The van der Waals surface area contributed by atoms with Crippen molar-refractivity contribution in [2.75, 3.05) is 19.5 Å². The van der Waals surface area contributed by atoms with Crippen LogP contribution in [0.15, 0.2) is 11.1 Å². The van der Waals surface area contributed by atoms with Gasteiger partial charge in [-0.1, -0.05) is 15.9 Å². The first-order valence-electron chi connectivity index (χ1n) is 4.00. The minimum Gasteiger partial charge on any atom is -0.466 e. The van der Waals surface area contributed by atoms with Crippen LogP contribution < -0.4 is 0 Å². The molecule has 0 aliphatic carbocycles. The molecule has 0 heterocycles. The Balaban J connectivity index is 4.93. The summed E-state index contributed by atoms with van der Waals surface area (Å²) in [4.78, 5) is 22.4. The first-order chi connectivity index (χ1) is 6.58. The van der Waals surface area contributed by atoms with E-state index in [-0.39, 0.29) is 0 Å². The molecule has 0 radical (unpaired) electrons. The Labute approximate surface area is 91.4 Å². The molecule has 0 amide bonds. The highest BCUT2D eigenvalue weighted by molar-refractivity contribution is 9.09. The largest absolute Gasteiger partial charge is 0.466 e. The van der Waals surface area contributed by atoms with Crippen LogP contribution in [0.25, 0.3) is 0 Å². The lowest BCUT2D eigenvalue weighted by Gasteiger charge is -2.07. The van der Waals surface area contributed by atoms with Crippen molar-refractivity contribution >= 4 is 27.9 Å². The van der Waals surface area contributed by atoms with E-state index in [0.717, 1.165) is 0 Å². The van der Waals surface area contributed by atoms with E-state index in [0.29, 0.717) is 22.9 Å². The summed E-state index contributed by atoms with van der Waals surface area (Å²) in [6, 6.07) is 0. The smallest absolute Gasteiger partial charge is 0.334 e. The predicted octanol–water partition coefficient (Wildman–Crippen LogP) is 1.43. The number of carbonyl (C=O) groups is 2. The molecule has 14 heavy (non-hydrogen) atoms. The van der Waals surface area contributed by atoms with Crippen LogP contribution in [0.3, 0.4) is 0 Å². The van der Waals surface area contributed by atoms with E-state index in [1.165, 1.54) is 14.2 Å². The van der Waals surface area contributed by atoms with E-state index in [4.69, 9.17) is 0 Å². The first kappa shape index (κ1) is 13.2. The monoisotopic (exact) mass is 264 g/mol. The van der Waals surface area contributed by atoms with Crippen molar-refractivity contribution in [3.63, 3.8) is 0 Å². The predicted molar refractivity (Wildman–Crippen MR) is 55.1 cm³/mol. The Morgan fingerprint density at radius 1 is 1.14 bits per heavy atom. The molecule has 0 spiro atoms. The van der Waals surface area contributed by atoms with Crippen molar-refractivity contribution in [2.45, 2.75) is 13.3 Å². The van der Waals surface area contributed by atoms with Crippen molar-refractivity contribution in [2.24, 2.45) is 0 Å². The lowest BCUT2D eigenvalue weighted by Crippen LogP contribution is -2.13. The van der Waals surface area contributed by atoms with Gasteiger partial charge in [0, 0.05) is 16.5 Å². The Morgan fingerprint density at radius 3 is 2.00 bits per heavy atom. The molecule has 0 fully saturated rings. The summed E-state index contributed by atoms with van der Waals surface area (Å²) in [6.07, 6.45) is 0.438. The highest BCUT2D eigenvalue weighted by Gasteiger charge is 2.17. The molecule has 0 aromatic heterocycles. The number of hydrogen-bond acceptors (Lipinski definition) is 4. The SMILES string of the molecule is COC(=O)/C(C)=C(/CCBr)C(=O)OC. The Kier molecular flexibility index (Phi) is 6.19. The summed E-state index contributed by atoms with van der Waals surface area (Å²) >= 11 is 3.19. The average molecular weight is 265 g/mol. The van der Waals surface area contributed by atoms with Gasteiger partial charge in [-0.05, 0) is 13.3 Å². The number of esters is 2. The summed E-state index contributed by atoms with van der Waals surface area (Å²) in [5.74, 6) is -1.00. The third kappa shape index (κ3) is 3.49. The molecular weight excluding hydrogens is 252 g/mol. The van der Waals surface area contributed by atoms with Gasteiger partial charge in [0.2, 0.25) is 0 Å².